The van der Waals surface area contributed by atoms with Gasteiger partial charge in [-0.05, 0) is 69.9 Å². The average Bonchev–Trinajstić information content (AvgIpc) is 3.21. The van der Waals surface area contributed by atoms with Crippen molar-refractivity contribution in [1.29, 1.82) is 0 Å². The molecule has 1 N–H and O–H groups in total. The van der Waals surface area contributed by atoms with Gasteiger partial charge in [-0.1, -0.05) is 0 Å². The molecule has 0 atom stereocenters. The van der Waals surface area contributed by atoms with Crippen molar-refractivity contribution in [1.82, 2.24) is 25.1 Å². The van der Waals surface area contributed by atoms with E-state index in [1.807, 2.05) is 38.1 Å². The number of hydrogen-bond acceptors (Lipinski definition) is 7. The summed E-state index contributed by atoms with van der Waals surface area (Å²) in [6.45, 7) is 3.87. The summed E-state index contributed by atoms with van der Waals surface area (Å²) >= 11 is 0. The number of amides is 1. The summed E-state index contributed by atoms with van der Waals surface area (Å²) in [5, 5.41) is 7.69. The standard InChI is InChI=1S/C25H31N5O4/c1-15-12-16(2)27-25(26-15)34-18-8-6-17(7-9-18)28-24(31)22-14-21(29-30(22)3)20-13-19(32-4)10-11-23(20)33-5/h10-14,17-18H,6-9H2,1-5H3,(H,28,31). The first-order chi connectivity index (χ1) is 16.4. The van der Waals surface area contributed by atoms with Gasteiger partial charge in [-0.2, -0.15) is 5.10 Å². The van der Waals surface area contributed by atoms with Crippen molar-refractivity contribution in [3.8, 4) is 28.8 Å². The van der Waals surface area contributed by atoms with Crippen molar-refractivity contribution in [2.75, 3.05) is 14.2 Å². The van der Waals surface area contributed by atoms with Gasteiger partial charge < -0.3 is 19.5 Å². The van der Waals surface area contributed by atoms with E-state index in [0.29, 0.717) is 28.9 Å². The molecule has 9 heteroatoms. The lowest BCUT2D eigenvalue weighted by atomic mass is 9.93. The first kappa shape index (κ1) is 23.5. The quantitative estimate of drug-likeness (QED) is 0.569. The summed E-state index contributed by atoms with van der Waals surface area (Å²) in [6.07, 6.45) is 3.38. The van der Waals surface area contributed by atoms with Crippen LogP contribution in [0.15, 0.2) is 30.3 Å². The molecule has 1 aliphatic rings. The van der Waals surface area contributed by atoms with Crippen LogP contribution in [0.2, 0.25) is 0 Å². The monoisotopic (exact) mass is 465 g/mol. The zero-order chi connectivity index (χ0) is 24.2. The molecular formula is C25H31N5O4. The zero-order valence-corrected chi connectivity index (χ0v) is 20.3. The van der Waals surface area contributed by atoms with Crippen LogP contribution >= 0.6 is 0 Å². The summed E-state index contributed by atoms with van der Waals surface area (Å²) in [5.74, 6) is 1.21. The molecular weight excluding hydrogens is 434 g/mol. The fraction of sp³-hybridized carbons (Fsp3) is 0.440. The van der Waals surface area contributed by atoms with E-state index in [9.17, 15) is 4.79 Å². The lowest BCUT2D eigenvalue weighted by molar-refractivity contribution is 0.0875. The Balaban J connectivity index is 1.38. The maximum absolute atomic E-state index is 13.0. The number of ether oxygens (including phenoxy) is 3. The van der Waals surface area contributed by atoms with Crippen molar-refractivity contribution in [2.24, 2.45) is 7.05 Å². The summed E-state index contributed by atoms with van der Waals surface area (Å²) in [6, 6.07) is 9.71. The van der Waals surface area contributed by atoms with Crippen LogP contribution in [0, 0.1) is 13.8 Å². The molecule has 0 aliphatic heterocycles. The Bertz CT molecular complexity index is 1150. The van der Waals surface area contributed by atoms with Crippen molar-refractivity contribution < 1.29 is 19.0 Å². The Hall–Kier alpha value is -3.62. The molecule has 3 aromatic rings. The SMILES string of the molecule is COc1ccc(OC)c(-c2cc(C(=O)NC3CCC(Oc4nc(C)cc(C)n4)CC3)n(C)n2)c1. The Morgan fingerprint density at radius 3 is 2.35 bits per heavy atom. The number of carbonyl (C=O) groups is 1. The van der Waals surface area contributed by atoms with E-state index in [1.54, 1.807) is 32.0 Å². The third kappa shape index (κ3) is 5.30. The third-order valence-corrected chi connectivity index (χ3v) is 6.04. The van der Waals surface area contributed by atoms with Crippen LogP contribution in [0.3, 0.4) is 0 Å². The van der Waals surface area contributed by atoms with E-state index >= 15 is 0 Å². The topological polar surface area (TPSA) is 100 Å². The van der Waals surface area contributed by atoms with Crippen molar-refractivity contribution in [3.63, 3.8) is 0 Å². The first-order valence-corrected chi connectivity index (χ1v) is 11.4. The number of nitrogens with zero attached hydrogens (tertiary/aromatic N) is 4. The normalized spacial score (nSPS) is 17.8. The van der Waals surface area contributed by atoms with Gasteiger partial charge in [0.05, 0.1) is 19.9 Å². The number of benzene rings is 1. The molecule has 34 heavy (non-hydrogen) atoms. The van der Waals surface area contributed by atoms with Crippen molar-refractivity contribution in [2.45, 2.75) is 51.7 Å². The highest BCUT2D eigenvalue weighted by atomic mass is 16.5. The van der Waals surface area contributed by atoms with Crippen LogP contribution in [-0.2, 0) is 7.05 Å². The Morgan fingerprint density at radius 2 is 1.71 bits per heavy atom. The van der Waals surface area contributed by atoms with Crippen LogP contribution < -0.4 is 19.5 Å². The molecule has 180 valence electrons. The maximum Gasteiger partial charge on any atom is 0.317 e. The summed E-state index contributed by atoms with van der Waals surface area (Å²) in [4.78, 5) is 21.8. The zero-order valence-electron chi connectivity index (χ0n) is 20.3. The molecule has 2 heterocycles. The summed E-state index contributed by atoms with van der Waals surface area (Å²) in [5.41, 5.74) is 3.69. The summed E-state index contributed by atoms with van der Waals surface area (Å²) < 4.78 is 18.4. The largest absolute Gasteiger partial charge is 0.497 e. The predicted octanol–water partition coefficient (Wildman–Crippen LogP) is 3.63. The number of nitrogens with one attached hydrogen (secondary N) is 1. The number of hydrogen-bond donors (Lipinski definition) is 1. The number of rotatable bonds is 7. The number of carbonyl (C=O) groups excluding carboxylic acids is 1. The maximum atomic E-state index is 13.0. The minimum absolute atomic E-state index is 0.0539. The van der Waals surface area contributed by atoms with Crippen molar-refractivity contribution >= 4 is 5.91 Å². The molecule has 2 aromatic heterocycles. The molecule has 1 aliphatic carbocycles. The fourth-order valence-corrected chi connectivity index (χ4v) is 4.31. The van der Waals surface area contributed by atoms with E-state index in [4.69, 9.17) is 14.2 Å². The molecule has 1 aromatic carbocycles. The molecule has 9 nitrogen and oxygen atoms in total. The van der Waals surface area contributed by atoms with E-state index in [-0.39, 0.29) is 18.1 Å². The van der Waals surface area contributed by atoms with Gasteiger partial charge in [0, 0.05) is 30.0 Å². The van der Waals surface area contributed by atoms with Crippen LogP contribution in [0.4, 0.5) is 0 Å². The van der Waals surface area contributed by atoms with Crippen LogP contribution in [0.1, 0.15) is 47.6 Å². The van der Waals surface area contributed by atoms with Gasteiger partial charge in [-0.15, -0.1) is 0 Å². The molecule has 0 unspecified atom stereocenters. The average molecular weight is 466 g/mol. The number of methoxy groups -OCH3 is 2. The van der Waals surface area contributed by atoms with Gasteiger partial charge in [-0.25, -0.2) is 9.97 Å². The predicted molar refractivity (Wildman–Crippen MR) is 127 cm³/mol. The third-order valence-electron chi connectivity index (χ3n) is 6.04. The van der Waals surface area contributed by atoms with Crippen LogP contribution in [0.5, 0.6) is 17.5 Å². The Labute approximate surface area is 199 Å². The highest BCUT2D eigenvalue weighted by Gasteiger charge is 2.26. The Morgan fingerprint density at radius 1 is 1.00 bits per heavy atom. The van der Waals surface area contributed by atoms with Crippen LogP contribution in [-0.4, -0.2) is 52.0 Å². The highest BCUT2D eigenvalue weighted by Crippen LogP contribution is 2.33. The number of aromatic nitrogens is 4. The van der Waals surface area contributed by atoms with Crippen LogP contribution in [0.25, 0.3) is 11.3 Å². The molecule has 0 bridgehead atoms. The molecule has 0 spiro atoms. The molecule has 1 saturated carbocycles. The molecule has 4 rings (SSSR count). The van der Waals surface area contributed by atoms with Gasteiger partial charge >= 0.3 is 6.01 Å². The molecule has 1 amide bonds. The second-order valence-corrected chi connectivity index (χ2v) is 8.60. The second-order valence-electron chi connectivity index (χ2n) is 8.60. The van der Waals surface area contributed by atoms with E-state index in [1.165, 1.54) is 0 Å². The second kappa shape index (κ2) is 10.1. The number of aryl methyl sites for hydroxylation is 3. The van der Waals surface area contributed by atoms with E-state index < -0.39 is 0 Å². The van der Waals surface area contributed by atoms with Gasteiger partial charge in [0.1, 0.15) is 23.3 Å². The minimum atomic E-state index is -0.148. The van der Waals surface area contributed by atoms with Crippen molar-refractivity contribution in [3.05, 3.63) is 47.4 Å². The van der Waals surface area contributed by atoms with Gasteiger partial charge in [0.15, 0.2) is 0 Å². The highest BCUT2D eigenvalue weighted by molar-refractivity contribution is 5.94. The van der Waals surface area contributed by atoms with E-state index in [2.05, 4.69) is 20.4 Å². The minimum Gasteiger partial charge on any atom is -0.497 e. The molecule has 0 saturated heterocycles. The van der Waals surface area contributed by atoms with E-state index in [0.717, 1.165) is 42.6 Å². The molecule has 1 fully saturated rings. The van der Waals surface area contributed by atoms with Gasteiger partial charge in [-0.3, -0.25) is 9.48 Å². The lowest BCUT2D eigenvalue weighted by Gasteiger charge is -2.28. The summed E-state index contributed by atoms with van der Waals surface area (Å²) in [7, 11) is 4.98. The van der Waals surface area contributed by atoms with Gasteiger partial charge in [0.25, 0.3) is 5.91 Å². The van der Waals surface area contributed by atoms with Gasteiger partial charge in [0.2, 0.25) is 0 Å². The Kier molecular flexibility index (Phi) is 7.00. The lowest BCUT2D eigenvalue weighted by Crippen LogP contribution is -2.40. The fourth-order valence-electron chi connectivity index (χ4n) is 4.31. The molecule has 0 radical (unpaired) electrons. The smallest absolute Gasteiger partial charge is 0.317 e. The first-order valence-electron chi connectivity index (χ1n) is 11.4.